The van der Waals surface area contributed by atoms with Crippen LogP contribution >= 0.6 is 0 Å². The van der Waals surface area contributed by atoms with E-state index in [1.807, 2.05) is 32.9 Å². The van der Waals surface area contributed by atoms with Crippen LogP contribution in [-0.2, 0) is 10.0 Å². The van der Waals surface area contributed by atoms with E-state index in [1.165, 1.54) is 0 Å². The van der Waals surface area contributed by atoms with Crippen molar-refractivity contribution in [2.24, 2.45) is 0 Å². The van der Waals surface area contributed by atoms with E-state index in [-0.39, 0.29) is 10.8 Å². The lowest BCUT2D eigenvalue weighted by atomic mass is 10.0. The van der Waals surface area contributed by atoms with Crippen molar-refractivity contribution in [3.05, 3.63) is 48.2 Å². The molecular formula is C18H21N3O3S. The Balaban J connectivity index is 2.07. The number of para-hydroxylation sites is 1. The summed E-state index contributed by atoms with van der Waals surface area (Å²) in [5, 5.41) is 7.62. The van der Waals surface area contributed by atoms with Gasteiger partial charge in [0.05, 0.1) is 24.0 Å². The largest absolute Gasteiger partial charge is 0.492 e. The quantitative estimate of drug-likeness (QED) is 0.699. The highest BCUT2D eigenvalue weighted by Gasteiger charge is 2.22. The number of ether oxygens (including phenoxy) is 1. The van der Waals surface area contributed by atoms with Crippen LogP contribution in [0.1, 0.15) is 32.3 Å². The number of nitrogens with one attached hydrogen (secondary N) is 2. The lowest BCUT2D eigenvalue weighted by molar-refractivity contribution is 0.331. The first-order chi connectivity index (χ1) is 11.9. The Morgan fingerprint density at radius 1 is 1.24 bits per heavy atom. The Morgan fingerprint density at radius 2 is 2.04 bits per heavy atom. The molecule has 2 aromatic carbocycles. The zero-order chi connectivity index (χ0) is 18.0. The number of aromatic amines is 1. The molecule has 25 heavy (non-hydrogen) atoms. The Kier molecular flexibility index (Phi) is 4.67. The van der Waals surface area contributed by atoms with Gasteiger partial charge < -0.3 is 4.74 Å². The number of anilines is 1. The number of nitrogens with zero attached hydrogens (tertiary/aromatic N) is 1. The molecule has 0 fully saturated rings. The number of rotatable bonds is 6. The molecule has 0 unspecified atom stereocenters. The molecule has 3 aromatic rings. The topological polar surface area (TPSA) is 84.1 Å². The lowest BCUT2D eigenvalue weighted by Gasteiger charge is -2.15. The van der Waals surface area contributed by atoms with Gasteiger partial charge in [0.1, 0.15) is 10.6 Å². The van der Waals surface area contributed by atoms with Gasteiger partial charge in [0.15, 0.2) is 0 Å². The minimum Gasteiger partial charge on any atom is -0.492 e. The number of H-pyrrole nitrogens is 1. The highest BCUT2D eigenvalue weighted by molar-refractivity contribution is 7.92. The molecule has 0 amide bonds. The fourth-order valence-corrected chi connectivity index (χ4v) is 3.87. The smallest absolute Gasteiger partial charge is 0.265 e. The summed E-state index contributed by atoms with van der Waals surface area (Å²) in [6.45, 7) is 6.25. The van der Waals surface area contributed by atoms with E-state index in [9.17, 15) is 8.42 Å². The van der Waals surface area contributed by atoms with Gasteiger partial charge in [-0.15, -0.1) is 0 Å². The normalized spacial score (nSPS) is 11.8. The van der Waals surface area contributed by atoms with E-state index < -0.39 is 10.0 Å². The van der Waals surface area contributed by atoms with Crippen molar-refractivity contribution < 1.29 is 13.2 Å². The van der Waals surface area contributed by atoms with Crippen LogP contribution in [-0.4, -0.2) is 25.2 Å². The molecule has 1 aromatic heterocycles. The maximum absolute atomic E-state index is 13.0. The second kappa shape index (κ2) is 6.76. The summed E-state index contributed by atoms with van der Waals surface area (Å²) >= 11 is 0. The van der Waals surface area contributed by atoms with E-state index >= 15 is 0 Å². The average molecular weight is 359 g/mol. The van der Waals surface area contributed by atoms with Gasteiger partial charge in [-0.05, 0) is 36.6 Å². The van der Waals surface area contributed by atoms with Gasteiger partial charge in [0, 0.05) is 5.39 Å². The SMILES string of the molecule is CCOc1ccc(C(C)C)cc1S(=O)(=O)Nc1cccc2cn[nH]c12. The number of sulfonamides is 1. The number of hydrogen-bond acceptors (Lipinski definition) is 4. The number of fused-ring (bicyclic) bond motifs is 1. The van der Waals surface area contributed by atoms with Gasteiger partial charge in [0.2, 0.25) is 0 Å². The molecule has 0 saturated heterocycles. The zero-order valence-electron chi connectivity index (χ0n) is 14.4. The third-order valence-electron chi connectivity index (χ3n) is 3.94. The fourth-order valence-electron chi connectivity index (χ4n) is 2.62. The molecule has 132 valence electrons. The molecule has 2 N–H and O–H groups in total. The van der Waals surface area contributed by atoms with Crippen LogP contribution in [0.2, 0.25) is 0 Å². The average Bonchev–Trinajstić information content (AvgIpc) is 3.04. The molecule has 0 aliphatic rings. The Hall–Kier alpha value is -2.54. The van der Waals surface area contributed by atoms with Crippen LogP contribution in [0.3, 0.4) is 0 Å². The van der Waals surface area contributed by atoms with Crippen molar-refractivity contribution in [3.63, 3.8) is 0 Å². The summed E-state index contributed by atoms with van der Waals surface area (Å²) in [5.74, 6) is 0.553. The molecule has 0 saturated carbocycles. The summed E-state index contributed by atoms with van der Waals surface area (Å²) in [5.41, 5.74) is 2.03. The van der Waals surface area contributed by atoms with Crippen molar-refractivity contribution in [2.75, 3.05) is 11.3 Å². The Bertz CT molecular complexity index is 994. The molecule has 3 rings (SSSR count). The first-order valence-corrected chi connectivity index (χ1v) is 9.62. The van der Waals surface area contributed by atoms with Crippen molar-refractivity contribution in [3.8, 4) is 5.75 Å². The summed E-state index contributed by atoms with van der Waals surface area (Å²) in [6.07, 6.45) is 1.65. The monoisotopic (exact) mass is 359 g/mol. The van der Waals surface area contributed by atoms with Crippen molar-refractivity contribution >= 4 is 26.6 Å². The first-order valence-electron chi connectivity index (χ1n) is 8.14. The minimum absolute atomic E-state index is 0.136. The van der Waals surface area contributed by atoms with Crippen LogP contribution in [0, 0.1) is 0 Å². The van der Waals surface area contributed by atoms with Crippen molar-refractivity contribution in [1.82, 2.24) is 10.2 Å². The van der Waals surface area contributed by atoms with Gasteiger partial charge in [-0.1, -0.05) is 32.0 Å². The van der Waals surface area contributed by atoms with Gasteiger partial charge in [-0.2, -0.15) is 5.10 Å². The fraction of sp³-hybridized carbons (Fsp3) is 0.278. The van der Waals surface area contributed by atoms with E-state index in [4.69, 9.17) is 4.74 Å². The summed E-state index contributed by atoms with van der Waals surface area (Å²) in [7, 11) is -3.81. The van der Waals surface area contributed by atoms with Crippen LogP contribution in [0.15, 0.2) is 47.5 Å². The maximum atomic E-state index is 13.0. The van der Waals surface area contributed by atoms with Crippen LogP contribution < -0.4 is 9.46 Å². The minimum atomic E-state index is -3.81. The van der Waals surface area contributed by atoms with Crippen LogP contribution in [0.5, 0.6) is 5.75 Å². The summed E-state index contributed by atoms with van der Waals surface area (Å²) in [4.78, 5) is 0.136. The van der Waals surface area contributed by atoms with Crippen LogP contribution in [0.4, 0.5) is 5.69 Å². The molecule has 0 aliphatic heterocycles. The Labute approximate surface area is 147 Å². The van der Waals surface area contributed by atoms with Gasteiger partial charge in [-0.25, -0.2) is 8.42 Å². The predicted octanol–water partition coefficient (Wildman–Crippen LogP) is 3.89. The predicted molar refractivity (Wildman–Crippen MR) is 98.6 cm³/mol. The molecule has 0 radical (unpaired) electrons. The standard InChI is InChI=1S/C18H21N3O3S/c1-4-24-16-9-8-13(12(2)3)10-17(16)25(22,23)21-15-7-5-6-14-11-19-20-18(14)15/h5-12,21H,4H2,1-3H3,(H,19,20). The number of benzene rings is 2. The molecule has 7 heteroatoms. The van der Waals surface area contributed by atoms with Gasteiger partial charge in [-0.3, -0.25) is 9.82 Å². The van der Waals surface area contributed by atoms with Gasteiger partial charge in [0.25, 0.3) is 10.0 Å². The molecule has 0 spiro atoms. The highest BCUT2D eigenvalue weighted by Crippen LogP contribution is 2.31. The van der Waals surface area contributed by atoms with Crippen molar-refractivity contribution in [2.45, 2.75) is 31.6 Å². The molecule has 0 bridgehead atoms. The first kappa shape index (κ1) is 17.3. The lowest BCUT2D eigenvalue weighted by Crippen LogP contribution is -2.15. The molecule has 6 nitrogen and oxygen atoms in total. The van der Waals surface area contributed by atoms with E-state index in [0.717, 1.165) is 10.9 Å². The van der Waals surface area contributed by atoms with Gasteiger partial charge >= 0.3 is 0 Å². The molecule has 1 heterocycles. The zero-order valence-corrected chi connectivity index (χ0v) is 15.2. The molecule has 0 atom stereocenters. The number of hydrogen-bond donors (Lipinski definition) is 2. The molecular weight excluding hydrogens is 338 g/mol. The maximum Gasteiger partial charge on any atom is 0.265 e. The number of aromatic nitrogens is 2. The second-order valence-electron chi connectivity index (χ2n) is 6.04. The second-order valence-corrected chi connectivity index (χ2v) is 7.69. The molecule has 0 aliphatic carbocycles. The third kappa shape index (κ3) is 3.46. The summed E-state index contributed by atoms with van der Waals surface area (Å²) < 4.78 is 34.2. The van der Waals surface area contributed by atoms with Crippen molar-refractivity contribution in [1.29, 1.82) is 0 Å². The summed E-state index contributed by atoms with van der Waals surface area (Å²) in [6, 6.07) is 10.6. The van der Waals surface area contributed by atoms with E-state index in [0.29, 0.717) is 23.6 Å². The van der Waals surface area contributed by atoms with E-state index in [1.54, 1.807) is 30.5 Å². The Morgan fingerprint density at radius 3 is 2.76 bits per heavy atom. The highest BCUT2D eigenvalue weighted by atomic mass is 32.2. The van der Waals surface area contributed by atoms with Crippen LogP contribution in [0.25, 0.3) is 10.9 Å². The van der Waals surface area contributed by atoms with E-state index in [2.05, 4.69) is 14.9 Å². The third-order valence-corrected chi connectivity index (χ3v) is 5.33.